The van der Waals surface area contributed by atoms with Gasteiger partial charge in [-0.25, -0.2) is 0 Å². The van der Waals surface area contributed by atoms with Crippen molar-refractivity contribution in [1.82, 2.24) is 0 Å². The van der Waals surface area contributed by atoms with Crippen molar-refractivity contribution in [2.45, 2.75) is 12.1 Å². The van der Waals surface area contributed by atoms with E-state index in [1.54, 1.807) is 0 Å². The Morgan fingerprint density at radius 2 is 1.60 bits per heavy atom. The van der Waals surface area contributed by atoms with Crippen LogP contribution in [0.15, 0.2) is 36.0 Å². The van der Waals surface area contributed by atoms with Crippen molar-refractivity contribution >= 4 is 5.69 Å². The molecule has 0 saturated carbocycles. The van der Waals surface area contributed by atoms with Crippen LogP contribution in [-0.4, -0.2) is 6.18 Å². The van der Waals surface area contributed by atoms with Crippen molar-refractivity contribution in [2.24, 2.45) is 0 Å². The zero-order valence-corrected chi connectivity index (χ0v) is 9.67. The number of hydrogen-bond acceptors (Lipinski definition) is 3. The van der Waals surface area contributed by atoms with E-state index in [4.69, 9.17) is 10.5 Å². The Morgan fingerprint density at radius 1 is 1.05 bits per heavy atom. The Kier molecular flexibility index (Phi) is 4.31. The van der Waals surface area contributed by atoms with Crippen LogP contribution >= 0.6 is 0 Å². The maximum atomic E-state index is 13.3. The van der Waals surface area contributed by atoms with Gasteiger partial charge < -0.3 is 5.32 Å². The number of benzene rings is 1. The van der Waals surface area contributed by atoms with E-state index in [1.807, 2.05) is 0 Å². The summed E-state index contributed by atoms with van der Waals surface area (Å²) in [5.74, 6) is -5.05. The fourth-order valence-corrected chi connectivity index (χ4v) is 1.27. The van der Waals surface area contributed by atoms with Gasteiger partial charge in [0.05, 0.1) is 5.56 Å². The summed E-state index contributed by atoms with van der Waals surface area (Å²) in [4.78, 5) is 0. The monoisotopic (exact) mass is 287 g/mol. The zero-order chi connectivity index (χ0) is 15.4. The Labute approximate surface area is 110 Å². The molecule has 0 heterocycles. The van der Waals surface area contributed by atoms with Crippen LogP contribution in [0, 0.1) is 22.7 Å². The molecule has 20 heavy (non-hydrogen) atoms. The first-order valence-corrected chi connectivity index (χ1v) is 5.05. The Bertz CT molecular complexity index is 589. The van der Waals surface area contributed by atoms with Gasteiger partial charge in [-0.15, -0.1) is 0 Å². The highest BCUT2D eigenvalue weighted by atomic mass is 19.4. The smallest absolute Gasteiger partial charge is 0.359 e. The van der Waals surface area contributed by atoms with Crippen molar-refractivity contribution in [3.63, 3.8) is 0 Å². The van der Waals surface area contributed by atoms with Gasteiger partial charge in [0.1, 0.15) is 17.7 Å². The summed E-state index contributed by atoms with van der Waals surface area (Å²) < 4.78 is 63.6. The molecule has 0 saturated heterocycles. The van der Waals surface area contributed by atoms with E-state index < -0.39 is 28.9 Å². The minimum absolute atomic E-state index is 0.463. The topological polar surface area (TPSA) is 59.6 Å². The third kappa shape index (κ3) is 3.04. The van der Waals surface area contributed by atoms with Gasteiger partial charge in [0.15, 0.2) is 0 Å². The molecular formula is C12H6F5N3. The Hall–Kier alpha value is -2.61. The van der Waals surface area contributed by atoms with Crippen molar-refractivity contribution in [3.8, 4) is 12.1 Å². The SMILES string of the molecule is N#CC(C#N)=CNc1ccccc1C(F)(F)C(F)(F)F. The molecule has 1 aromatic carbocycles. The molecular weight excluding hydrogens is 281 g/mol. The molecule has 0 unspecified atom stereocenters. The molecule has 0 aliphatic heterocycles. The van der Waals surface area contributed by atoms with Gasteiger partial charge >= 0.3 is 12.1 Å². The molecule has 104 valence electrons. The summed E-state index contributed by atoms with van der Waals surface area (Å²) in [7, 11) is 0. The van der Waals surface area contributed by atoms with Gasteiger partial charge in [-0.3, -0.25) is 0 Å². The van der Waals surface area contributed by atoms with Crippen LogP contribution < -0.4 is 5.32 Å². The lowest BCUT2D eigenvalue weighted by molar-refractivity contribution is -0.289. The summed E-state index contributed by atoms with van der Waals surface area (Å²) in [6.07, 6.45) is -4.99. The molecule has 0 bridgehead atoms. The predicted molar refractivity (Wildman–Crippen MR) is 59.3 cm³/mol. The minimum atomic E-state index is -5.75. The van der Waals surface area contributed by atoms with Crippen LogP contribution in [0.1, 0.15) is 5.56 Å². The first-order chi connectivity index (χ1) is 9.24. The number of rotatable bonds is 3. The maximum Gasteiger partial charge on any atom is 0.458 e. The van der Waals surface area contributed by atoms with Crippen LogP contribution in [0.3, 0.4) is 0 Å². The van der Waals surface area contributed by atoms with Crippen LogP contribution in [0.4, 0.5) is 27.6 Å². The number of nitrogens with one attached hydrogen (secondary N) is 1. The fourth-order valence-electron chi connectivity index (χ4n) is 1.27. The predicted octanol–water partition coefficient (Wildman–Crippen LogP) is 3.68. The number of anilines is 1. The molecule has 0 aliphatic rings. The standard InChI is InChI=1S/C12H6F5N3/c13-11(14,12(15,16)17)9-3-1-2-4-10(9)20-7-8(5-18)6-19/h1-4,7,20H. The second-order valence-electron chi connectivity index (χ2n) is 3.54. The Balaban J connectivity index is 3.24. The molecule has 0 spiro atoms. The van der Waals surface area contributed by atoms with E-state index in [-0.39, 0.29) is 0 Å². The molecule has 0 radical (unpaired) electrons. The lowest BCUT2D eigenvalue weighted by atomic mass is 10.1. The van der Waals surface area contributed by atoms with Gasteiger partial charge in [-0.05, 0) is 6.07 Å². The van der Waals surface area contributed by atoms with Gasteiger partial charge in [0.25, 0.3) is 0 Å². The van der Waals surface area contributed by atoms with Gasteiger partial charge in [-0.1, -0.05) is 18.2 Å². The zero-order valence-electron chi connectivity index (χ0n) is 9.67. The highest BCUT2D eigenvalue weighted by Gasteiger charge is 2.59. The number of alkyl halides is 5. The van der Waals surface area contributed by atoms with Gasteiger partial charge in [0.2, 0.25) is 0 Å². The molecule has 1 N–H and O–H groups in total. The summed E-state index contributed by atoms with van der Waals surface area (Å²) in [6.45, 7) is 0. The summed E-state index contributed by atoms with van der Waals surface area (Å²) in [6, 6.07) is 6.74. The highest BCUT2D eigenvalue weighted by Crippen LogP contribution is 2.46. The second kappa shape index (κ2) is 5.57. The van der Waals surface area contributed by atoms with Crippen molar-refractivity contribution in [2.75, 3.05) is 5.32 Å². The molecule has 0 aromatic heterocycles. The van der Waals surface area contributed by atoms with Crippen molar-refractivity contribution in [1.29, 1.82) is 10.5 Å². The van der Waals surface area contributed by atoms with Crippen LogP contribution in [0.25, 0.3) is 0 Å². The number of hydrogen-bond donors (Lipinski definition) is 1. The highest BCUT2D eigenvalue weighted by molar-refractivity contribution is 5.57. The number of allylic oxidation sites excluding steroid dienone is 1. The average molecular weight is 287 g/mol. The van der Waals surface area contributed by atoms with Crippen LogP contribution in [0.2, 0.25) is 0 Å². The normalized spacial score (nSPS) is 11.2. The van der Waals surface area contributed by atoms with Gasteiger partial charge in [0, 0.05) is 11.9 Å². The molecule has 0 fully saturated rings. The van der Waals surface area contributed by atoms with E-state index in [9.17, 15) is 22.0 Å². The van der Waals surface area contributed by atoms with E-state index in [2.05, 4.69) is 5.32 Å². The van der Waals surface area contributed by atoms with E-state index >= 15 is 0 Å². The molecule has 0 amide bonds. The fraction of sp³-hybridized carbons (Fsp3) is 0.167. The Morgan fingerprint density at radius 3 is 2.10 bits per heavy atom. The molecule has 0 atom stereocenters. The third-order valence-corrected chi connectivity index (χ3v) is 2.23. The van der Waals surface area contributed by atoms with Crippen molar-refractivity contribution in [3.05, 3.63) is 41.6 Å². The molecule has 0 aliphatic carbocycles. The molecule has 8 heteroatoms. The largest absolute Gasteiger partial charge is 0.458 e. The van der Waals surface area contributed by atoms with Crippen molar-refractivity contribution < 1.29 is 22.0 Å². The summed E-state index contributed by atoms with van der Waals surface area (Å²) >= 11 is 0. The van der Waals surface area contributed by atoms with Gasteiger partial charge in [-0.2, -0.15) is 32.5 Å². The molecule has 1 rings (SSSR count). The van der Waals surface area contributed by atoms with E-state index in [1.165, 1.54) is 18.2 Å². The number of halogens is 5. The first-order valence-electron chi connectivity index (χ1n) is 5.05. The maximum absolute atomic E-state index is 13.3. The van der Waals surface area contributed by atoms with E-state index in [0.29, 0.717) is 6.07 Å². The number of nitriles is 2. The van der Waals surface area contributed by atoms with Crippen LogP contribution in [0.5, 0.6) is 0 Å². The lowest BCUT2D eigenvalue weighted by Gasteiger charge is -2.22. The molecule has 3 nitrogen and oxygen atoms in total. The van der Waals surface area contributed by atoms with E-state index in [0.717, 1.165) is 18.3 Å². The second-order valence-corrected chi connectivity index (χ2v) is 3.54. The average Bonchev–Trinajstić information content (AvgIpc) is 2.39. The minimum Gasteiger partial charge on any atom is -0.359 e. The van der Waals surface area contributed by atoms with Crippen LogP contribution in [-0.2, 0) is 5.92 Å². The number of para-hydroxylation sites is 1. The lowest BCUT2D eigenvalue weighted by Crippen LogP contribution is -2.34. The molecule has 1 aromatic rings. The quantitative estimate of drug-likeness (QED) is 0.681. The third-order valence-electron chi connectivity index (χ3n) is 2.23. The summed E-state index contributed by atoms with van der Waals surface area (Å²) in [5, 5.41) is 19.0. The first kappa shape index (κ1) is 15.4. The number of nitrogens with zero attached hydrogens (tertiary/aromatic N) is 2. The summed E-state index contributed by atoms with van der Waals surface area (Å²) in [5.41, 5.74) is -2.30.